The molecule has 3 N–H and O–H groups in total. The highest BCUT2D eigenvalue weighted by Crippen LogP contribution is 2.25. The second-order valence-electron chi connectivity index (χ2n) is 4.67. The summed E-state index contributed by atoms with van der Waals surface area (Å²) in [6, 6.07) is 3.72. The van der Waals surface area contributed by atoms with Crippen LogP contribution >= 0.6 is 36.2 Å². The second-order valence-corrected chi connectivity index (χ2v) is 5.56. The molecule has 8 heteroatoms. The quantitative estimate of drug-likeness (QED) is 0.856. The molecule has 2 aromatic rings. The monoisotopic (exact) mass is 362 g/mol. The molecule has 22 heavy (non-hydrogen) atoms. The predicted octanol–water partition coefficient (Wildman–Crippen LogP) is 2.82. The number of rotatable bonds is 5. The predicted molar refractivity (Wildman–Crippen MR) is 94.6 cm³/mol. The van der Waals surface area contributed by atoms with Crippen molar-refractivity contribution >= 4 is 42.1 Å². The Balaban J connectivity index is 0.00000220. The van der Waals surface area contributed by atoms with Crippen LogP contribution in [0, 0.1) is 5.92 Å². The molecule has 2 aromatic heterocycles. The van der Waals surface area contributed by atoms with Gasteiger partial charge in [-0.1, -0.05) is 6.92 Å². The van der Waals surface area contributed by atoms with Crippen LogP contribution in [-0.4, -0.2) is 22.4 Å². The molecule has 0 saturated carbocycles. The molecule has 0 aliphatic carbocycles. The first-order valence-corrected chi connectivity index (χ1v) is 7.36. The lowest BCUT2D eigenvalue weighted by molar-refractivity contribution is -0.124. The fraction of sp³-hybridized carbons (Fsp3) is 0.357. The fourth-order valence-corrected chi connectivity index (χ4v) is 2.50. The molecule has 0 saturated heterocycles. The summed E-state index contributed by atoms with van der Waals surface area (Å²) in [7, 11) is 0. The van der Waals surface area contributed by atoms with E-state index < -0.39 is 0 Å². The molecule has 0 radical (unpaired) electrons. The van der Waals surface area contributed by atoms with E-state index in [1.807, 2.05) is 31.4 Å². The number of pyridine rings is 1. The summed E-state index contributed by atoms with van der Waals surface area (Å²) >= 11 is 1.54. The Labute approximate surface area is 146 Å². The van der Waals surface area contributed by atoms with Gasteiger partial charge >= 0.3 is 0 Å². The molecule has 1 amide bonds. The van der Waals surface area contributed by atoms with Crippen LogP contribution in [0.5, 0.6) is 0 Å². The normalized spacial score (nSPS) is 12.5. The van der Waals surface area contributed by atoms with Gasteiger partial charge in [0.2, 0.25) is 5.91 Å². The maximum atomic E-state index is 11.8. The van der Waals surface area contributed by atoms with Crippen LogP contribution in [0.3, 0.4) is 0 Å². The summed E-state index contributed by atoms with van der Waals surface area (Å²) < 4.78 is 0. The molecule has 2 unspecified atom stereocenters. The zero-order chi connectivity index (χ0) is 14.5. The minimum atomic E-state index is -0.183. The number of nitrogens with two attached hydrogens (primary N) is 1. The van der Waals surface area contributed by atoms with E-state index in [-0.39, 0.29) is 42.7 Å². The van der Waals surface area contributed by atoms with Crippen LogP contribution in [0.15, 0.2) is 29.9 Å². The Kier molecular flexibility index (Phi) is 9.20. The highest BCUT2D eigenvalue weighted by atomic mass is 35.5. The van der Waals surface area contributed by atoms with Crippen molar-refractivity contribution in [2.45, 2.75) is 19.9 Å². The van der Waals surface area contributed by atoms with Gasteiger partial charge in [-0.3, -0.25) is 9.78 Å². The van der Waals surface area contributed by atoms with Crippen LogP contribution in [0.25, 0.3) is 11.3 Å². The maximum Gasteiger partial charge on any atom is 0.224 e. The summed E-state index contributed by atoms with van der Waals surface area (Å²) in [6.45, 7) is 4.08. The van der Waals surface area contributed by atoms with Crippen molar-refractivity contribution in [2.75, 3.05) is 6.54 Å². The van der Waals surface area contributed by atoms with Crippen LogP contribution < -0.4 is 11.1 Å². The molecule has 0 aromatic carbocycles. The third-order valence-electron chi connectivity index (χ3n) is 3.03. The number of hydrogen-bond acceptors (Lipinski definition) is 5. The number of amides is 1. The Morgan fingerprint density at radius 3 is 2.55 bits per heavy atom. The molecule has 2 atom stereocenters. The van der Waals surface area contributed by atoms with Crippen LogP contribution in [0.4, 0.5) is 0 Å². The van der Waals surface area contributed by atoms with E-state index in [0.717, 1.165) is 16.3 Å². The van der Waals surface area contributed by atoms with E-state index in [2.05, 4.69) is 15.3 Å². The molecular formula is C14H20Cl2N4OS. The lowest BCUT2D eigenvalue weighted by Gasteiger charge is -2.14. The first-order chi connectivity index (χ1) is 9.61. The summed E-state index contributed by atoms with van der Waals surface area (Å²) in [4.78, 5) is 20.4. The van der Waals surface area contributed by atoms with Crippen LogP contribution in [0.1, 0.15) is 24.9 Å². The van der Waals surface area contributed by atoms with Crippen LogP contribution in [-0.2, 0) is 4.79 Å². The third-order valence-corrected chi connectivity index (χ3v) is 4.06. The SMILES string of the molecule is CC(CN)C(=O)NC(C)c1nc(-c2ccncc2)cs1.Cl.Cl. The molecular weight excluding hydrogens is 343 g/mol. The lowest BCUT2D eigenvalue weighted by Crippen LogP contribution is -2.34. The van der Waals surface area contributed by atoms with E-state index in [1.165, 1.54) is 11.3 Å². The molecule has 0 bridgehead atoms. The summed E-state index contributed by atoms with van der Waals surface area (Å²) in [5.74, 6) is -0.224. The van der Waals surface area contributed by atoms with Gasteiger partial charge in [0.25, 0.3) is 0 Å². The summed E-state index contributed by atoms with van der Waals surface area (Å²) in [5.41, 5.74) is 7.42. The van der Waals surface area contributed by atoms with Crippen molar-refractivity contribution in [3.8, 4) is 11.3 Å². The van der Waals surface area contributed by atoms with Gasteiger partial charge in [-0.25, -0.2) is 4.98 Å². The number of nitrogens with one attached hydrogen (secondary N) is 1. The van der Waals surface area contributed by atoms with Gasteiger partial charge in [0.15, 0.2) is 0 Å². The van der Waals surface area contributed by atoms with Gasteiger partial charge < -0.3 is 11.1 Å². The summed E-state index contributed by atoms with van der Waals surface area (Å²) in [5, 5.41) is 5.80. The lowest BCUT2D eigenvalue weighted by atomic mass is 10.1. The van der Waals surface area contributed by atoms with E-state index >= 15 is 0 Å². The Bertz CT molecular complexity index is 579. The number of nitrogens with zero attached hydrogens (tertiary/aromatic N) is 2. The Hall–Kier alpha value is -1.21. The summed E-state index contributed by atoms with van der Waals surface area (Å²) in [6.07, 6.45) is 3.48. The number of hydrogen-bond donors (Lipinski definition) is 2. The molecule has 0 spiro atoms. The number of carbonyl (C=O) groups is 1. The minimum Gasteiger partial charge on any atom is -0.347 e. The first kappa shape index (κ1) is 20.8. The molecule has 2 heterocycles. The highest BCUT2D eigenvalue weighted by molar-refractivity contribution is 7.10. The van der Waals surface area contributed by atoms with E-state index in [9.17, 15) is 4.79 Å². The van der Waals surface area contributed by atoms with Crippen molar-refractivity contribution in [3.05, 3.63) is 34.9 Å². The maximum absolute atomic E-state index is 11.8. The molecule has 0 aliphatic heterocycles. The fourth-order valence-electron chi connectivity index (χ4n) is 1.67. The van der Waals surface area contributed by atoms with E-state index in [4.69, 9.17) is 5.73 Å². The molecule has 122 valence electrons. The van der Waals surface area contributed by atoms with Crippen molar-refractivity contribution < 1.29 is 4.79 Å². The van der Waals surface area contributed by atoms with Gasteiger partial charge in [0, 0.05) is 35.8 Å². The van der Waals surface area contributed by atoms with Gasteiger partial charge in [0.1, 0.15) is 5.01 Å². The van der Waals surface area contributed by atoms with Crippen molar-refractivity contribution in [2.24, 2.45) is 11.7 Å². The van der Waals surface area contributed by atoms with Gasteiger partial charge in [-0.05, 0) is 19.1 Å². The van der Waals surface area contributed by atoms with Gasteiger partial charge in [0.05, 0.1) is 11.7 Å². The zero-order valence-electron chi connectivity index (χ0n) is 12.4. The second kappa shape index (κ2) is 9.74. The first-order valence-electron chi connectivity index (χ1n) is 6.48. The molecule has 0 aliphatic rings. The zero-order valence-corrected chi connectivity index (χ0v) is 14.8. The average Bonchev–Trinajstić information content (AvgIpc) is 2.97. The third kappa shape index (κ3) is 5.21. The number of carbonyl (C=O) groups excluding carboxylic acids is 1. The highest BCUT2D eigenvalue weighted by Gasteiger charge is 2.17. The molecule has 2 rings (SSSR count). The largest absolute Gasteiger partial charge is 0.347 e. The van der Waals surface area contributed by atoms with Gasteiger partial charge in [-0.2, -0.15) is 0 Å². The Morgan fingerprint density at radius 1 is 1.32 bits per heavy atom. The van der Waals surface area contributed by atoms with Crippen molar-refractivity contribution in [3.63, 3.8) is 0 Å². The van der Waals surface area contributed by atoms with Crippen LogP contribution in [0.2, 0.25) is 0 Å². The number of aromatic nitrogens is 2. The van der Waals surface area contributed by atoms with E-state index in [1.54, 1.807) is 12.4 Å². The number of thiazole rings is 1. The minimum absolute atomic E-state index is 0. The standard InChI is InChI=1S/C14H18N4OS.2ClH/c1-9(7-15)13(19)17-10(2)14-18-12(8-20-14)11-3-5-16-6-4-11;;/h3-6,8-10H,7,15H2,1-2H3,(H,17,19);2*1H. The van der Waals surface area contributed by atoms with Crippen molar-refractivity contribution in [1.82, 2.24) is 15.3 Å². The average molecular weight is 363 g/mol. The Morgan fingerprint density at radius 2 is 1.95 bits per heavy atom. The topological polar surface area (TPSA) is 80.9 Å². The van der Waals surface area contributed by atoms with Gasteiger partial charge in [-0.15, -0.1) is 36.2 Å². The van der Waals surface area contributed by atoms with Crippen molar-refractivity contribution in [1.29, 1.82) is 0 Å². The molecule has 0 fully saturated rings. The smallest absolute Gasteiger partial charge is 0.224 e. The molecule has 5 nitrogen and oxygen atoms in total. The number of halogens is 2. The van der Waals surface area contributed by atoms with E-state index in [0.29, 0.717) is 6.54 Å².